The monoisotopic (exact) mass is 325 g/mol. The van der Waals surface area contributed by atoms with E-state index in [9.17, 15) is 9.59 Å². The molecule has 2 aromatic rings. The normalized spacial score (nSPS) is 10.2. The van der Waals surface area contributed by atoms with Crippen LogP contribution in [-0.2, 0) is 4.79 Å². The van der Waals surface area contributed by atoms with Crippen LogP contribution in [0.2, 0.25) is 5.02 Å². The first-order valence-electron chi connectivity index (χ1n) is 6.12. The zero-order chi connectivity index (χ0) is 15.4. The molecule has 1 heterocycles. The number of hydrogen-bond acceptors (Lipinski definition) is 2. The van der Waals surface area contributed by atoms with E-state index in [0.717, 1.165) is 5.56 Å². The molecule has 0 bridgehead atoms. The minimum absolute atomic E-state index is 0.137. The molecule has 0 aliphatic heterocycles. The summed E-state index contributed by atoms with van der Waals surface area (Å²) in [7, 11) is 0. The zero-order valence-electron chi connectivity index (χ0n) is 11.2. The highest BCUT2D eigenvalue weighted by atomic mass is 35.5. The molecule has 0 unspecified atom stereocenters. The van der Waals surface area contributed by atoms with Gasteiger partial charge in [-0.3, -0.25) is 19.7 Å². The molecule has 110 valence electrons. The van der Waals surface area contributed by atoms with Crippen molar-refractivity contribution in [2.24, 2.45) is 0 Å². The molecule has 7 heteroatoms. The van der Waals surface area contributed by atoms with Crippen molar-refractivity contribution in [1.82, 2.24) is 4.68 Å². The van der Waals surface area contributed by atoms with Gasteiger partial charge in [-0.25, -0.2) is 0 Å². The van der Waals surface area contributed by atoms with Crippen LogP contribution in [0.3, 0.4) is 0 Å². The van der Waals surface area contributed by atoms with Gasteiger partial charge >= 0.3 is 0 Å². The van der Waals surface area contributed by atoms with Crippen molar-refractivity contribution in [2.45, 2.75) is 6.92 Å². The topological polar surface area (TPSA) is 63.1 Å². The van der Waals surface area contributed by atoms with Gasteiger partial charge in [0.05, 0.1) is 5.02 Å². The van der Waals surface area contributed by atoms with Gasteiger partial charge in [0.15, 0.2) is 0 Å². The second-order valence-corrected chi connectivity index (χ2v) is 4.99. The average Bonchev–Trinajstić information content (AvgIpc) is 2.82. The average molecular weight is 326 g/mol. The number of anilines is 1. The molecule has 1 aromatic heterocycles. The fourth-order valence-corrected chi connectivity index (χ4v) is 2.07. The standard InChI is InChI=1S/C14H13Cl2N3O2/c1-9-4-2-3-5-11(9)17-14(21)13-10(16)6-7-19(13)18-12(20)8-15/h2-7H,8H2,1H3,(H,17,21)(H,18,20). The quantitative estimate of drug-likeness (QED) is 0.849. The van der Waals surface area contributed by atoms with Crippen LogP contribution in [0.5, 0.6) is 0 Å². The van der Waals surface area contributed by atoms with Gasteiger partial charge in [-0.15, -0.1) is 11.6 Å². The van der Waals surface area contributed by atoms with Gasteiger partial charge in [0, 0.05) is 11.9 Å². The van der Waals surface area contributed by atoms with Crippen molar-refractivity contribution < 1.29 is 9.59 Å². The molecule has 2 N–H and O–H groups in total. The minimum Gasteiger partial charge on any atom is -0.320 e. The van der Waals surface area contributed by atoms with E-state index in [0.29, 0.717) is 5.69 Å². The van der Waals surface area contributed by atoms with E-state index in [1.165, 1.54) is 16.9 Å². The van der Waals surface area contributed by atoms with Crippen molar-refractivity contribution in [3.63, 3.8) is 0 Å². The van der Waals surface area contributed by atoms with Gasteiger partial charge in [-0.1, -0.05) is 29.8 Å². The minimum atomic E-state index is -0.436. The van der Waals surface area contributed by atoms with E-state index in [-0.39, 0.29) is 16.6 Å². The van der Waals surface area contributed by atoms with Crippen LogP contribution < -0.4 is 10.7 Å². The van der Waals surface area contributed by atoms with Gasteiger partial charge in [0.1, 0.15) is 11.6 Å². The summed E-state index contributed by atoms with van der Waals surface area (Å²) in [5, 5.41) is 2.99. The summed E-state index contributed by atoms with van der Waals surface area (Å²) >= 11 is 11.4. The number of carbonyl (C=O) groups excluding carboxylic acids is 2. The largest absolute Gasteiger partial charge is 0.320 e. The Morgan fingerprint density at radius 1 is 1.24 bits per heavy atom. The third-order valence-electron chi connectivity index (χ3n) is 2.81. The Balaban J connectivity index is 2.25. The molecule has 0 fully saturated rings. The van der Waals surface area contributed by atoms with Gasteiger partial charge < -0.3 is 5.32 Å². The van der Waals surface area contributed by atoms with Crippen LogP contribution in [0.4, 0.5) is 5.69 Å². The van der Waals surface area contributed by atoms with Gasteiger partial charge in [0.2, 0.25) is 0 Å². The first kappa shape index (κ1) is 15.4. The van der Waals surface area contributed by atoms with E-state index >= 15 is 0 Å². The Hall–Kier alpha value is -1.98. The van der Waals surface area contributed by atoms with Crippen molar-refractivity contribution in [3.8, 4) is 0 Å². The summed E-state index contributed by atoms with van der Waals surface area (Å²) in [5.41, 5.74) is 4.20. The number of rotatable bonds is 4. The third-order valence-corrected chi connectivity index (χ3v) is 3.36. The Labute approximate surface area is 131 Å². The number of hydrogen-bond donors (Lipinski definition) is 2. The van der Waals surface area contributed by atoms with E-state index < -0.39 is 11.8 Å². The fourth-order valence-electron chi connectivity index (χ4n) is 1.78. The molecule has 0 spiro atoms. The number of carbonyl (C=O) groups is 2. The lowest BCUT2D eigenvalue weighted by Gasteiger charge is -2.12. The third kappa shape index (κ3) is 3.56. The van der Waals surface area contributed by atoms with Crippen molar-refractivity contribution >= 4 is 40.7 Å². The molecule has 0 saturated carbocycles. The Bertz CT molecular complexity index is 683. The number of nitrogens with zero attached hydrogens (tertiary/aromatic N) is 1. The Morgan fingerprint density at radius 2 is 1.95 bits per heavy atom. The Kier molecular flexibility index (Phi) is 4.88. The van der Waals surface area contributed by atoms with Crippen LogP contribution >= 0.6 is 23.2 Å². The van der Waals surface area contributed by atoms with Crippen LogP contribution in [0.15, 0.2) is 36.5 Å². The molecule has 21 heavy (non-hydrogen) atoms. The maximum atomic E-state index is 12.3. The summed E-state index contributed by atoms with van der Waals surface area (Å²) in [6.07, 6.45) is 1.49. The maximum Gasteiger partial charge on any atom is 0.275 e. The molecule has 0 aliphatic carbocycles. The summed E-state index contributed by atoms with van der Waals surface area (Å²) in [6, 6.07) is 8.88. The second kappa shape index (κ2) is 6.65. The van der Waals surface area contributed by atoms with Gasteiger partial charge in [-0.2, -0.15) is 0 Å². The second-order valence-electron chi connectivity index (χ2n) is 4.32. The first-order valence-corrected chi connectivity index (χ1v) is 7.04. The highest BCUT2D eigenvalue weighted by molar-refractivity contribution is 6.34. The van der Waals surface area contributed by atoms with E-state index in [4.69, 9.17) is 23.2 Å². The number of halogens is 2. The van der Waals surface area contributed by atoms with Crippen LogP contribution in [0, 0.1) is 6.92 Å². The molecule has 0 saturated heterocycles. The predicted molar refractivity (Wildman–Crippen MR) is 83.7 cm³/mol. The summed E-state index contributed by atoms with van der Waals surface area (Å²) in [6.45, 7) is 1.88. The fraction of sp³-hybridized carbons (Fsp3) is 0.143. The molecule has 1 aromatic carbocycles. The van der Waals surface area contributed by atoms with Crippen LogP contribution in [0.25, 0.3) is 0 Å². The number of aromatic nitrogens is 1. The van der Waals surface area contributed by atoms with Crippen molar-refractivity contribution in [1.29, 1.82) is 0 Å². The molecular formula is C14H13Cl2N3O2. The number of amides is 2. The molecule has 0 radical (unpaired) electrons. The summed E-state index contributed by atoms with van der Waals surface area (Å²) in [4.78, 5) is 23.7. The van der Waals surface area contributed by atoms with E-state index in [2.05, 4.69) is 10.7 Å². The van der Waals surface area contributed by atoms with Crippen LogP contribution in [-0.4, -0.2) is 22.4 Å². The molecule has 2 rings (SSSR count). The number of benzene rings is 1. The number of aryl methyl sites for hydroxylation is 1. The molecule has 0 aliphatic rings. The highest BCUT2D eigenvalue weighted by Crippen LogP contribution is 2.20. The SMILES string of the molecule is Cc1ccccc1NC(=O)c1c(Cl)ccn1NC(=O)CCl. The maximum absolute atomic E-state index is 12.3. The predicted octanol–water partition coefficient (Wildman–Crippen LogP) is 3.01. The first-order chi connectivity index (χ1) is 10.0. The molecule has 2 amide bonds. The lowest BCUT2D eigenvalue weighted by atomic mass is 10.2. The summed E-state index contributed by atoms with van der Waals surface area (Å²) in [5.74, 6) is -1.07. The van der Waals surface area contributed by atoms with Crippen molar-refractivity contribution in [3.05, 3.63) is 52.8 Å². The summed E-state index contributed by atoms with van der Waals surface area (Å²) < 4.78 is 1.25. The molecule has 0 atom stereocenters. The molecular weight excluding hydrogens is 313 g/mol. The van der Waals surface area contributed by atoms with Crippen LogP contribution in [0.1, 0.15) is 16.1 Å². The lowest BCUT2D eigenvalue weighted by molar-refractivity contribution is -0.114. The smallest absolute Gasteiger partial charge is 0.275 e. The van der Waals surface area contributed by atoms with Crippen molar-refractivity contribution in [2.75, 3.05) is 16.6 Å². The lowest BCUT2D eigenvalue weighted by Crippen LogP contribution is -2.28. The number of nitrogens with one attached hydrogen (secondary N) is 2. The van der Waals surface area contributed by atoms with Gasteiger partial charge in [-0.05, 0) is 24.6 Å². The zero-order valence-corrected chi connectivity index (χ0v) is 12.7. The molecule has 5 nitrogen and oxygen atoms in total. The highest BCUT2D eigenvalue weighted by Gasteiger charge is 2.18. The Morgan fingerprint density at radius 3 is 2.62 bits per heavy atom. The van der Waals surface area contributed by atoms with E-state index in [1.807, 2.05) is 25.1 Å². The van der Waals surface area contributed by atoms with E-state index in [1.54, 1.807) is 6.07 Å². The number of alkyl halides is 1. The van der Waals surface area contributed by atoms with Gasteiger partial charge in [0.25, 0.3) is 11.8 Å². The number of para-hydroxylation sites is 1.